The fourth-order valence-electron chi connectivity index (χ4n) is 3.94. The van der Waals surface area contributed by atoms with Crippen LogP contribution in [0.1, 0.15) is 36.3 Å². The maximum Gasteiger partial charge on any atom is 0.200 e. The van der Waals surface area contributed by atoms with Crippen molar-refractivity contribution in [3.63, 3.8) is 0 Å². The SMILES string of the molecule is Oc1ccc(-c2ccc(C3=CCC(c4ccc(O)c(F)c4F)CC3)c(F)c2)c(F)c1F. The quantitative estimate of drug-likeness (QED) is 0.446. The lowest BCUT2D eigenvalue weighted by molar-refractivity contribution is 0.400. The molecule has 160 valence electrons. The minimum atomic E-state index is -1.40. The van der Waals surface area contributed by atoms with Gasteiger partial charge >= 0.3 is 0 Å². The standard InChI is InChI=1S/C24H17F5O2/c25-18-11-14(17-8-10-20(31)24(29)22(17)27)5-6-15(18)12-1-3-13(4-2-12)16-7-9-19(30)23(28)21(16)26/h1,5-11,13,30-31H,2-4H2. The normalized spacial score (nSPS) is 16.3. The molecule has 1 unspecified atom stereocenters. The van der Waals surface area contributed by atoms with Crippen molar-refractivity contribution in [2.75, 3.05) is 0 Å². The van der Waals surface area contributed by atoms with E-state index in [1.807, 2.05) is 0 Å². The Hall–Kier alpha value is -3.35. The van der Waals surface area contributed by atoms with E-state index in [0.717, 1.165) is 24.3 Å². The highest BCUT2D eigenvalue weighted by molar-refractivity contribution is 5.72. The number of phenols is 2. The number of rotatable bonds is 3. The van der Waals surface area contributed by atoms with Gasteiger partial charge in [-0.05, 0) is 66.1 Å². The van der Waals surface area contributed by atoms with Gasteiger partial charge in [0.15, 0.2) is 23.1 Å². The second-order valence-corrected chi connectivity index (χ2v) is 7.46. The molecule has 2 N–H and O–H groups in total. The first-order valence-corrected chi connectivity index (χ1v) is 9.61. The molecule has 3 aromatic carbocycles. The predicted octanol–water partition coefficient (Wildman–Crippen LogP) is 6.81. The summed E-state index contributed by atoms with van der Waals surface area (Å²) in [5.74, 6) is -7.55. The molecule has 0 spiro atoms. The molecule has 0 radical (unpaired) electrons. The number of aromatic hydroxyl groups is 2. The topological polar surface area (TPSA) is 40.5 Å². The molecule has 0 amide bonds. The fourth-order valence-corrected chi connectivity index (χ4v) is 3.94. The van der Waals surface area contributed by atoms with Crippen molar-refractivity contribution in [3.05, 3.63) is 88.8 Å². The molecule has 0 bridgehead atoms. The zero-order valence-electron chi connectivity index (χ0n) is 16.1. The lowest BCUT2D eigenvalue weighted by Gasteiger charge is -2.23. The van der Waals surface area contributed by atoms with Crippen LogP contribution in [0.2, 0.25) is 0 Å². The summed E-state index contributed by atoms with van der Waals surface area (Å²) in [4.78, 5) is 0. The molecule has 0 saturated carbocycles. The Balaban J connectivity index is 1.59. The molecule has 1 atom stereocenters. The summed E-state index contributed by atoms with van der Waals surface area (Å²) in [7, 11) is 0. The molecule has 0 saturated heterocycles. The summed E-state index contributed by atoms with van der Waals surface area (Å²) in [5.41, 5.74) is 1.07. The van der Waals surface area contributed by atoms with E-state index < -0.39 is 40.6 Å². The molecule has 4 rings (SSSR count). The summed E-state index contributed by atoms with van der Waals surface area (Å²) in [6.07, 6.45) is 2.96. The van der Waals surface area contributed by atoms with Gasteiger partial charge in [0.1, 0.15) is 5.82 Å². The van der Waals surface area contributed by atoms with Crippen LogP contribution >= 0.6 is 0 Å². The van der Waals surface area contributed by atoms with Crippen LogP contribution in [0.15, 0.2) is 48.5 Å². The Kier molecular flexibility index (Phi) is 5.43. The van der Waals surface area contributed by atoms with Crippen molar-refractivity contribution in [1.29, 1.82) is 0 Å². The van der Waals surface area contributed by atoms with E-state index in [1.54, 1.807) is 6.08 Å². The van der Waals surface area contributed by atoms with Gasteiger partial charge in [-0.25, -0.2) is 13.2 Å². The van der Waals surface area contributed by atoms with Crippen molar-refractivity contribution in [2.24, 2.45) is 0 Å². The summed E-state index contributed by atoms with van der Waals surface area (Å²) in [6.45, 7) is 0. The minimum Gasteiger partial charge on any atom is -0.505 e. The molecule has 3 aromatic rings. The first kappa shape index (κ1) is 20.9. The van der Waals surface area contributed by atoms with Gasteiger partial charge in [0, 0.05) is 11.1 Å². The van der Waals surface area contributed by atoms with Crippen LogP contribution in [-0.2, 0) is 0 Å². The van der Waals surface area contributed by atoms with Gasteiger partial charge < -0.3 is 10.2 Å². The fraction of sp³-hybridized carbons (Fsp3) is 0.167. The Morgan fingerprint density at radius 3 is 2.00 bits per heavy atom. The zero-order chi connectivity index (χ0) is 22.3. The van der Waals surface area contributed by atoms with Gasteiger partial charge in [-0.15, -0.1) is 0 Å². The van der Waals surface area contributed by atoms with Crippen molar-refractivity contribution < 1.29 is 32.2 Å². The predicted molar refractivity (Wildman–Crippen MR) is 106 cm³/mol. The second kappa shape index (κ2) is 8.06. The van der Waals surface area contributed by atoms with Crippen LogP contribution in [0.3, 0.4) is 0 Å². The van der Waals surface area contributed by atoms with Gasteiger partial charge in [0.2, 0.25) is 11.6 Å². The van der Waals surface area contributed by atoms with Crippen LogP contribution in [0.25, 0.3) is 16.7 Å². The zero-order valence-corrected chi connectivity index (χ0v) is 16.1. The van der Waals surface area contributed by atoms with E-state index in [9.17, 15) is 32.2 Å². The molecule has 1 aliphatic rings. The summed E-state index contributed by atoms with van der Waals surface area (Å²) >= 11 is 0. The monoisotopic (exact) mass is 432 g/mol. The molecular weight excluding hydrogens is 415 g/mol. The van der Waals surface area contributed by atoms with E-state index in [1.165, 1.54) is 18.2 Å². The van der Waals surface area contributed by atoms with Crippen LogP contribution in [-0.4, -0.2) is 10.2 Å². The first-order valence-electron chi connectivity index (χ1n) is 9.61. The number of hydrogen-bond acceptors (Lipinski definition) is 2. The summed E-state index contributed by atoms with van der Waals surface area (Å²) in [6, 6.07) is 8.62. The van der Waals surface area contributed by atoms with Gasteiger partial charge in [-0.1, -0.05) is 24.3 Å². The van der Waals surface area contributed by atoms with E-state index >= 15 is 0 Å². The molecule has 31 heavy (non-hydrogen) atoms. The first-order chi connectivity index (χ1) is 14.8. The number of halogens is 5. The van der Waals surface area contributed by atoms with Gasteiger partial charge in [-0.2, -0.15) is 8.78 Å². The van der Waals surface area contributed by atoms with Gasteiger partial charge in [0.25, 0.3) is 0 Å². The van der Waals surface area contributed by atoms with Crippen molar-refractivity contribution in [2.45, 2.75) is 25.2 Å². The molecule has 7 heteroatoms. The molecule has 0 aromatic heterocycles. The smallest absolute Gasteiger partial charge is 0.200 e. The number of hydrogen-bond donors (Lipinski definition) is 2. The van der Waals surface area contributed by atoms with Crippen LogP contribution < -0.4 is 0 Å². The third-order valence-corrected chi connectivity index (χ3v) is 5.63. The van der Waals surface area contributed by atoms with Crippen LogP contribution in [0, 0.1) is 29.1 Å². The average molecular weight is 432 g/mol. The molecule has 2 nitrogen and oxygen atoms in total. The van der Waals surface area contributed by atoms with Crippen molar-refractivity contribution >= 4 is 5.57 Å². The molecular formula is C24H17F5O2. The Morgan fingerprint density at radius 1 is 0.710 bits per heavy atom. The van der Waals surface area contributed by atoms with Gasteiger partial charge in [0.05, 0.1) is 0 Å². The highest BCUT2D eigenvalue weighted by atomic mass is 19.2. The molecule has 1 aliphatic carbocycles. The van der Waals surface area contributed by atoms with E-state index in [0.29, 0.717) is 30.4 Å². The van der Waals surface area contributed by atoms with Gasteiger partial charge in [-0.3, -0.25) is 0 Å². The Bertz CT molecular complexity index is 1200. The minimum absolute atomic E-state index is 0.119. The van der Waals surface area contributed by atoms with Crippen LogP contribution in [0.4, 0.5) is 22.0 Å². The lowest BCUT2D eigenvalue weighted by atomic mass is 9.82. The van der Waals surface area contributed by atoms with E-state index in [2.05, 4.69) is 0 Å². The highest BCUT2D eigenvalue weighted by Gasteiger charge is 2.24. The maximum absolute atomic E-state index is 14.8. The largest absolute Gasteiger partial charge is 0.505 e. The molecule has 0 aliphatic heterocycles. The lowest BCUT2D eigenvalue weighted by Crippen LogP contribution is -2.08. The number of allylic oxidation sites excluding steroid dienone is 2. The summed E-state index contributed by atoms with van der Waals surface area (Å²) < 4.78 is 70.2. The third kappa shape index (κ3) is 3.76. The van der Waals surface area contributed by atoms with Crippen molar-refractivity contribution in [3.8, 4) is 22.6 Å². The highest BCUT2D eigenvalue weighted by Crippen LogP contribution is 2.39. The van der Waals surface area contributed by atoms with E-state index in [4.69, 9.17) is 0 Å². The van der Waals surface area contributed by atoms with E-state index in [-0.39, 0.29) is 22.6 Å². The number of benzene rings is 3. The third-order valence-electron chi connectivity index (χ3n) is 5.63. The Morgan fingerprint density at radius 2 is 1.35 bits per heavy atom. The number of phenolic OH excluding ortho intramolecular Hbond substituents is 2. The maximum atomic E-state index is 14.8. The molecule has 0 fully saturated rings. The second-order valence-electron chi connectivity index (χ2n) is 7.46. The molecule has 0 heterocycles. The summed E-state index contributed by atoms with van der Waals surface area (Å²) in [5, 5.41) is 18.5. The Labute approximate surface area is 174 Å². The van der Waals surface area contributed by atoms with Crippen molar-refractivity contribution in [1.82, 2.24) is 0 Å². The van der Waals surface area contributed by atoms with Crippen LogP contribution in [0.5, 0.6) is 11.5 Å². The average Bonchev–Trinajstić information content (AvgIpc) is 2.76.